The number of nitro benzene ring substituents is 1. The van der Waals surface area contributed by atoms with Gasteiger partial charge in [-0.3, -0.25) is 39.1 Å². The molecule has 2 aromatic heterocycles. The van der Waals surface area contributed by atoms with Crippen molar-refractivity contribution in [3.05, 3.63) is 106 Å². The summed E-state index contributed by atoms with van der Waals surface area (Å²) in [5.41, 5.74) is 7.79. The molecule has 4 rings (SSSR count). The Bertz CT molecular complexity index is 1870. The molecule has 0 spiro atoms. The van der Waals surface area contributed by atoms with E-state index >= 15 is 0 Å². The fourth-order valence-corrected chi connectivity index (χ4v) is 4.80. The third kappa shape index (κ3) is 18.3. The molecule has 0 atom stereocenters. The molecule has 0 saturated carbocycles. The average Bonchev–Trinajstić information content (AvgIpc) is 3.22. The number of carbonyl (C=O) groups is 4. The van der Waals surface area contributed by atoms with E-state index in [9.17, 15) is 29.3 Å². The molecule has 16 nitrogen and oxygen atoms in total. The number of rotatable bonds is 15. The first-order valence-electron chi connectivity index (χ1n) is 16.8. The first-order chi connectivity index (χ1) is 27.4. The van der Waals surface area contributed by atoms with Gasteiger partial charge in [-0.25, -0.2) is 9.97 Å². The van der Waals surface area contributed by atoms with Crippen molar-refractivity contribution in [3.63, 3.8) is 0 Å². The van der Waals surface area contributed by atoms with Crippen molar-refractivity contribution in [2.45, 2.75) is 26.7 Å². The number of hydrogen-bond acceptors (Lipinski definition) is 13. The number of nitro groups is 1. The fourth-order valence-electron chi connectivity index (χ4n) is 4.80. The summed E-state index contributed by atoms with van der Waals surface area (Å²) in [6, 6.07) is 19.5. The van der Waals surface area contributed by atoms with E-state index in [1.165, 1.54) is 34.2 Å². The molecule has 0 radical (unpaired) electrons. The van der Waals surface area contributed by atoms with Gasteiger partial charge >= 0.3 is 62.4 Å². The summed E-state index contributed by atoms with van der Waals surface area (Å²) in [7, 11) is 3.32. The van der Waals surface area contributed by atoms with Gasteiger partial charge in [-0.15, -0.1) is 0 Å². The molecule has 0 aliphatic heterocycles. The SMILES string of the molecule is CCOC(=O)CCN(C(=O)c1ccc(NC)c(N)c1)c1ccccn1.CCOC(=O)CCN(C(=O)c1ccc(NC)c([N+](=O)[O-])c1)c1ccccn1.II.I[I-]I. The van der Waals surface area contributed by atoms with Gasteiger partial charge in [0.05, 0.1) is 42.4 Å². The number of pyridine rings is 2. The number of benzene rings is 2. The molecular formula is C36H42I5N8O8-. The molecular weight excluding hydrogens is 1310 g/mol. The number of nitrogens with one attached hydrogen (secondary N) is 2. The molecule has 4 N–H and O–H groups in total. The zero-order chi connectivity index (χ0) is 42.8. The van der Waals surface area contributed by atoms with E-state index in [4.69, 9.17) is 15.2 Å². The molecule has 310 valence electrons. The van der Waals surface area contributed by atoms with Crippen LogP contribution < -0.4 is 39.4 Å². The summed E-state index contributed by atoms with van der Waals surface area (Å²) >= 11 is 9.54. The van der Waals surface area contributed by atoms with Gasteiger partial charge in [0, 0.05) is 94.0 Å². The molecule has 0 aliphatic rings. The van der Waals surface area contributed by atoms with E-state index in [1.807, 2.05) is 0 Å². The topological polar surface area (TPSA) is 212 Å². The van der Waals surface area contributed by atoms with Crippen LogP contribution in [0.15, 0.2) is 85.2 Å². The zero-order valence-corrected chi connectivity index (χ0v) is 42.1. The number of aromatic nitrogens is 2. The van der Waals surface area contributed by atoms with Crippen LogP contribution in [0.2, 0.25) is 0 Å². The van der Waals surface area contributed by atoms with Gasteiger partial charge in [0.1, 0.15) is 17.3 Å². The second-order valence-corrected chi connectivity index (χ2v) is 27.0. The standard InChI is InChI=1S/C18H20N4O5.C18H22N4O3.I3.I2/c1-3-27-17(23)9-11-21(16-6-4-5-10-20-16)18(24)13-7-8-14(19-2)15(12-13)22(25)26;1-3-25-17(23)9-11-22(16-6-4-5-10-21-16)18(24)13-7-8-15(20-2)14(19)12-13;1-3-2;1-2/h4-8,10,12,19H,3,9,11H2,1-2H3;4-8,10,12,20H,3,9,11,19H2,1-2H3;;/q;;-1;. The van der Waals surface area contributed by atoms with Gasteiger partial charge in [-0.2, -0.15) is 0 Å². The second-order valence-electron chi connectivity index (χ2n) is 10.7. The van der Waals surface area contributed by atoms with Crippen molar-refractivity contribution < 1.29 is 46.8 Å². The molecule has 4 aromatic rings. The predicted octanol–water partition coefficient (Wildman–Crippen LogP) is 5.48. The number of anilines is 5. The van der Waals surface area contributed by atoms with Crippen LogP contribution in [0.5, 0.6) is 0 Å². The van der Waals surface area contributed by atoms with Crippen LogP contribution in [0.25, 0.3) is 0 Å². The van der Waals surface area contributed by atoms with Gasteiger partial charge in [-0.1, -0.05) is 12.1 Å². The average molecular weight is 1350 g/mol. The molecule has 21 heteroatoms. The third-order valence-electron chi connectivity index (χ3n) is 7.31. The number of halogens is 5. The van der Waals surface area contributed by atoms with Gasteiger partial charge in [0.15, 0.2) is 0 Å². The van der Waals surface area contributed by atoms with E-state index in [-0.39, 0.29) is 55.7 Å². The Morgan fingerprint density at radius 3 is 1.53 bits per heavy atom. The number of ether oxygens (including phenoxy) is 2. The molecule has 0 aliphatic carbocycles. The number of amides is 2. The zero-order valence-electron chi connectivity index (χ0n) is 31.3. The molecule has 2 amide bonds. The minimum absolute atomic E-state index is 0.0210. The summed E-state index contributed by atoms with van der Waals surface area (Å²) in [5, 5.41) is 16.9. The van der Waals surface area contributed by atoms with E-state index in [2.05, 4.69) is 95.1 Å². The van der Waals surface area contributed by atoms with Crippen molar-refractivity contribution in [3.8, 4) is 0 Å². The molecule has 0 unspecified atom stereocenters. The normalized spacial score (nSPS) is 9.75. The quantitative estimate of drug-likeness (QED) is 0.0443. The summed E-state index contributed by atoms with van der Waals surface area (Å²) in [4.78, 5) is 71.1. The van der Waals surface area contributed by atoms with Gasteiger partial charge in [0.25, 0.3) is 17.5 Å². The molecule has 0 saturated heterocycles. The number of nitrogens with zero attached hydrogens (tertiary/aromatic N) is 5. The second kappa shape index (κ2) is 30.2. The number of carbonyl (C=O) groups excluding carboxylic acids is 4. The molecule has 57 heavy (non-hydrogen) atoms. The number of nitrogens with two attached hydrogens (primary N) is 1. The maximum atomic E-state index is 13.0. The maximum absolute atomic E-state index is 13.0. The molecule has 2 aromatic carbocycles. The van der Waals surface area contributed by atoms with Crippen LogP contribution in [0.1, 0.15) is 47.4 Å². The molecule has 0 fully saturated rings. The molecule has 2 heterocycles. The molecule has 0 bridgehead atoms. The Morgan fingerprint density at radius 2 is 1.18 bits per heavy atom. The Labute approximate surface area is 384 Å². The van der Waals surface area contributed by atoms with Gasteiger partial charge in [-0.05, 0) is 68.4 Å². The Hall–Kier alpha value is -2.93. The van der Waals surface area contributed by atoms with Crippen LogP contribution >= 0.6 is 74.5 Å². The monoisotopic (exact) mass is 1350 g/mol. The van der Waals surface area contributed by atoms with Crippen molar-refractivity contribution in [1.29, 1.82) is 0 Å². The minimum atomic E-state index is -0.563. The van der Waals surface area contributed by atoms with Crippen molar-refractivity contribution >= 4 is 133 Å². The van der Waals surface area contributed by atoms with Crippen molar-refractivity contribution in [2.24, 2.45) is 0 Å². The predicted molar refractivity (Wildman–Crippen MR) is 253 cm³/mol. The van der Waals surface area contributed by atoms with E-state index in [0.717, 1.165) is 5.69 Å². The summed E-state index contributed by atoms with van der Waals surface area (Å²) < 4.78 is 9.84. The van der Waals surface area contributed by atoms with E-state index < -0.39 is 16.8 Å². The van der Waals surface area contributed by atoms with Crippen LogP contribution in [-0.2, 0) is 19.1 Å². The first-order valence-corrected chi connectivity index (χ1v) is 35.6. The van der Waals surface area contributed by atoms with Gasteiger partial charge in [0.2, 0.25) is 0 Å². The fraction of sp³-hybridized carbons (Fsp3) is 0.278. The summed E-state index contributed by atoms with van der Waals surface area (Å²) in [5.74, 6) is -0.773. The number of nitrogen functional groups attached to an aromatic ring is 1. The van der Waals surface area contributed by atoms with E-state index in [0.29, 0.717) is 48.4 Å². The van der Waals surface area contributed by atoms with Gasteiger partial charge < -0.3 is 25.8 Å². The summed E-state index contributed by atoms with van der Waals surface area (Å²) in [6.07, 6.45) is 3.18. The van der Waals surface area contributed by atoms with E-state index in [1.54, 1.807) is 88.7 Å². The van der Waals surface area contributed by atoms with Crippen molar-refractivity contribution in [2.75, 3.05) is 66.6 Å². The van der Waals surface area contributed by atoms with Crippen LogP contribution in [-0.4, -0.2) is 79.0 Å². The third-order valence-corrected chi connectivity index (χ3v) is 7.31. The Morgan fingerprint density at radius 1 is 0.754 bits per heavy atom. The van der Waals surface area contributed by atoms with Crippen molar-refractivity contribution in [1.82, 2.24) is 9.97 Å². The van der Waals surface area contributed by atoms with Crippen LogP contribution in [0, 0.1) is 10.1 Å². The number of esters is 2. The summed E-state index contributed by atoms with van der Waals surface area (Å²) in [6.45, 7) is 4.19. The van der Waals surface area contributed by atoms with Crippen LogP contribution in [0.3, 0.4) is 0 Å². The Kier molecular flexibility index (Phi) is 27.6. The first kappa shape index (κ1) is 52.1. The Balaban J connectivity index is 0.000000513. The number of hydrogen-bond donors (Lipinski definition) is 3. The van der Waals surface area contributed by atoms with Crippen LogP contribution in [0.4, 0.5) is 34.4 Å².